The first-order chi connectivity index (χ1) is 23.3. The fraction of sp³-hybridized carbons (Fsp3) is 0. The lowest BCUT2D eigenvalue weighted by Gasteiger charge is -2.11. The number of para-hydroxylation sites is 3. The molecule has 0 aliphatic heterocycles. The van der Waals surface area contributed by atoms with Gasteiger partial charge in [-0.1, -0.05) is 84.9 Å². The number of hydrogen-bond donors (Lipinski definition) is 0. The Morgan fingerprint density at radius 3 is 1.74 bits per heavy atom. The van der Waals surface area contributed by atoms with Gasteiger partial charge in [-0.05, 0) is 42.5 Å². The molecule has 0 aliphatic carbocycles. The predicted octanol–water partition coefficient (Wildman–Crippen LogP) is 9.97. The minimum atomic E-state index is 0.446. The third-order valence-corrected chi connectivity index (χ3v) is 8.89. The molecule has 0 saturated heterocycles. The van der Waals surface area contributed by atoms with E-state index < -0.39 is 0 Å². The second kappa shape index (κ2) is 9.61. The highest BCUT2D eigenvalue weighted by Gasteiger charge is 2.27. The standard InChI is InChI=1S/C40H21N5O2/c41-22-23-18-20-25(21-19-23)39-42-38(24-10-2-1-3-11-24)43-40(44-39)45-29-15-7-4-12-26(29)34-35(45)37-33(28-14-6-9-17-31(28)47-37)32-27-13-5-8-16-30(27)46-36(32)34/h1-21H. The molecule has 0 N–H and O–H groups in total. The number of aromatic nitrogens is 4. The molecule has 0 aliphatic rings. The molecule has 7 nitrogen and oxygen atoms in total. The number of nitriles is 1. The van der Waals surface area contributed by atoms with Crippen molar-refractivity contribution in [1.29, 1.82) is 5.26 Å². The third kappa shape index (κ3) is 3.64. The Kier molecular flexibility index (Phi) is 5.22. The molecule has 0 unspecified atom stereocenters. The zero-order valence-electron chi connectivity index (χ0n) is 24.7. The molecule has 10 rings (SSSR count). The molecular formula is C40H21N5O2. The van der Waals surface area contributed by atoms with Gasteiger partial charge >= 0.3 is 0 Å². The molecule has 0 radical (unpaired) electrons. The van der Waals surface area contributed by atoms with E-state index in [1.54, 1.807) is 12.1 Å². The summed E-state index contributed by atoms with van der Waals surface area (Å²) in [5, 5.41) is 15.4. The maximum absolute atomic E-state index is 9.41. The van der Waals surface area contributed by atoms with Gasteiger partial charge in [-0.25, -0.2) is 4.98 Å². The van der Waals surface area contributed by atoms with E-state index in [9.17, 15) is 5.26 Å². The lowest BCUT2D eigenvalue weighted by Crippen LogP contribution is -2.06. The Bertz CT molecular complexity index is 2910. The van der Waals surface area contributed by atoms with Crippen LogP contribution in [0.1, 0.15) is 5.56 Å². The maximum atomic E-state index is 9.41. The van der Waals surface area contributed by atoms with E-state index in [1.807, 2.05) is 91.0 Å². The molecule has 6 aromatic carbocycles. The molecular weight excluding hydrogens is 582 g/mol. The van der Waals surface area contributed by atoms with Crippen molar-refractivity contribution in [2.24, 2.45) is 0 Å². The van der Waals surface area contributed by atoms with Crippen molar-refractivity contribution in [3.63, 3.8) is 0 Å². The molecule has 4 heterocycles. The topological polar surface area (TPSA) is 93.7 Å². The van der Waals surface area contributed by atoms with Gasteiger partial charge in [0.25, 0.3) is 0 Å². The van der Waals surface area contributed by atoms with Gasteiger partial charge in [0.2, 0.25) is 5.95 Å². The van der Waals surface area contributed by atoms with Crippen LogP contribution in [-0.4, -0.2) is 19.5 Å². The van der Waals surface area contributed by atoms with Crippen LogP contribution in [0.25, 0.3) is 94.4 Å². The fourth-order valence-corrected chi connectivity index (χ4v) is 6.83. The number of fused-ring (bicyclic) bond motifs is 12. The van der Waals surface area contributed by atoms with Gasteiger partial charge in [0.1, 0.15) is 22.3 Å². The lowest BCUT2D eigenvalue weighted by molar-refractivity contribution is 0.667. The van der Waals surface area contributed by atoms with E-state index in [0.29, 0.717) is 23.2 Å². The van der Waals surface area contributed by atoms with E-state index in [0.717, 1.165) is 76.8 Å². The Hall–Kier alpha value is -6.78. The quantitative estimate of drug-likeness (QED) is 0.199. The molecule has 7 heteroatoms. The average molecular weight is 604 g/mol. The van der Waals surface area contributed by atoms with Gasteiger partial charge in [0.15, 0.2) is 17.2 Å². The van der Waals surface area contributed by atoms with E-state index in [1.165, 1.54) is 0 Å². The number of hydrogen-bond acceptors (Lipinski definition) is 6. The van der Waals surface area contributed by atoms with Gasteiger partial charge in [-0.2, -0.15) is 15.2 Å². The molecule has 0 saturated carbocycles. The molecule has 0 fully saturated rings. The van der Waals surface area contributed by atoms with Gasteiger partial charge < -0.3 is 8.83 Å². The van der Waals surface area contributed by atoms with Crippen LogP contribution in [0, 0.1) is 11.3 Å². The van der Waals surface area contributed by atoms with Gasteiger partial charge in [-0.3, -0.25) is 4.57 Å². The summed E-state index contributed by atoms with van der Waals surface area (Å²) < 4.78 is 15.6. The lowest BCUT2D eigenvalue weighted by atomic mass is 10.0. The molecule has 47 heavy (non-hydrogen) atoms. The summed E-state index contributed by atoms with van der Waals surface area (Å²) in [7, 11) is 0. The second-order valence-corrected chi connectivity index (χ2v) is 11.5. The summed E-state index contributed by atoms with van der Waals surface area (Å²) in [6.07, 6.45) is 0. The Morgan fingerprint density at radius 1 is 0.511 bits per heavy atom. The van der Waals surface area contributed by atoms with E-state index in [2.05, 4.69) is 34.9 Å². The van der Waals surface area contributed by atoms with Gasteiger partial charge in [0, 0.05) is 38.1 Å². The molecule has 218 valence electrons. The monoisotopic (exact) mass is 603 g/mol. The van der Waals surface area contributed by atoms with E-state index in [4.69, 9.17) is 23.8 Å². The highest BCUT2D eigenvalue weighted by Crippen LogP contribution is 2.48. The smallest absolute Gasteiger partial charge is 0.238 e. The maximum Gasteiger partial charge on any atom is 0.238 e. The van der Waals surface area contributed by atoms with Crippen LogP contribution < -0.4 is 0 Å². The van der Waals surface area contributed by atoms with Crippen LogP contribution in [0.15, 0.2) is 136 Å². The van der Waals surface area contributed by atoms with E-state index in [-0.39, 0.29) is 0 Å². The van der Waals surface area contributed by atoms with Crippen LogP contribution in [-0.2, 0) is 0 Å². The predicted molar refractivity (Wildman–Crippen MR) is 184 cm³/mol. The van der Waals surface area contributed by atoms with Gasteiger partial charge in [-0.15, -0.1) is 0 Å². The van der Waals surface area contributed by atoms with Crippen molar-refractivity contribution in [2.75, 3.05) is 0 Å². The van der Waals surface area contributed by atoms with Crippen LogP contribution >= 0.6 is 0 Å². The summed E-state index contributed by atoms with van der Waals surface area (Å²) in [6.45, 7) is 0. The van der Waals surface area contributed by atoms with Gasteiger partial charge in [0.05, 0.1) is 22.5 Å². The summed E-state index contributed by atoms with van der Waals surface area (Å²) >= 11 is 0. The summed E-state index contributed by atoms with van der Waals surface area (Å²) in [5.41, 5.74) is 7.06. The highest BCUT2D eigenvalue weighted by molar-refractivity contribution is 6.38. The first-order valence-corrected chi connectivity index (χ1v) is 15.3. The largest absolute Gasteiger partial charge is 0.455 e. The zero-order chi connectivity index (χ0) is 31.1. The summed E-state index contributed by atoms with van der Waals surface area (Å²) in [5.74, 6) is 1.48. The van der Waals surface area contributed by atoms with Crippen molar-refractivity contribution < 1.29 is 8.83 Å². The van der Waals surface area contributed by atoms with Crippen molar-refractivity contribution in [1.82, 2.24) is 19.5 Å². The number of furan rings is 2. The highest BCUT2D eigenvalue weighted by atomic mass is 16.3. The average Bonchev–Trinajstić information content (AvgIpc) is 3.81. The second-order valence-electron chi connectivity index (χ2n) is 11.5. The minimum absolute atomic E-state index is 0.446. The SMILES string of the molecule is N#Cc1ccc(-c2nc(-c3ccccc3)nc(-n3c4ccccc4c4c5oc6ccccc6c5c5c6ccccc6oc5c43)n2)cc1. The number of nitrogens with zero attached hydrogens (tertiary/aromatic N) is 5. The first-order valence-electron chi connectivity index (χ1n) is 15.3. The van der Waals surface area contributed by atoms with Crippen LogP contribution in [0.2, 0.25) is 0 Å². The Balaban J connectivity index is 1.41. The minimum Gasteiger partial charge on any atom is -0.455 e. The molecule has 0 atom stereocenters. The first kappa shape index (κ1) is 25.5. The van der Waals surface area contributed by atoms with E-state index >= 15 is 0 Å². The van der Waals surface area contributed by atoms with Crippen LogP contribution in [0.5, 0.6) is 0 Å². The van der Waals surface area contributed by atoms with Crippen molar-refractivity contribution in [2.45, 2.75) is 0 Å². The Labute approximate surface area is 266 Å². The molecule has 4 aromatic heterocycles. The van der Waals surface area contributed by atoms with Crippen molar-refractivity contribution in [3.05, 3.63) is 133 Å². The zero-order valence-corrected chi connectivity index (χ0v) is 24.7. The van der Waals surface area contributed by atoms with Crippen molar-refractivity contribution >= 4 is 65.7 Å². The number of rotatable bonds is 3. The normalized spacial score (nSPS) is 11.8. The third-order valence-electron chi connectivity index (χ3n) is 8.89. The summed E-state index contributed by atoms with van der Waals surface area (Å²) in [4.78, 5) is 15.1. The number of benzene rings is 6. The molecule has 0 bridgehead atoms. The molecule has 10 aromatic rings. The van der Waals surface area contributed by atoms with Crippen molar-refractivity contribution in [3.8, 4) is 34.8 Å². The fourth-order valence-electron chi connectivity index (χ4n) is 6.83. The van der Waals surface area contributed by atoms with Crippen LogP contribution in [0.4, 0.5) is 0 Å². The summed E-state index contributed by atoms with van der Waals surface area (Å²) in [6, 6.07) is 43.9. The van der Waals surface area contributed by atoms with Crippen LogP contribution in [0.3, 0.4) is 0 Å². The Morgan fingerprint density at radius 2 is 1.06 bits per heavy atom. The molecule has 0 spiro atoms. The molecule has 0 amide bonds.